The third-order valence-electron chi connectivity index (χ3n) is 4.69. The number of ether oxygens (including phenoxy) is 1. The Hall–Kier alpha value is -0.120. The predicted molar refractivity (Wildman–Crippen MR) is 75.8 cm³/mol. The normalized spacial score (nSPS) is 37.8. The fraction of sp³-hybridized carbons (Fsp3) is 1.00. The lowest BCUT2D eigenvalue weighted by Crippen LogP contribution is -2.45. The molecule has 3 unspecified atom stereocenters. The topological polar surface area (TPSA) is 24.5 Å². The number of nitrogens with one attached hydrogen (secondary N) is 1. The van der Waals surface area contributed by atoms with E-state index in [1.165, 1.54) is 26.1 Å². The van der Waals surface area contributed by atoms with Crippen LogP contribution in [0.5, 0.6) is 0 Å². The van der Waals surface area contributed by atoms with Gasteiger partial charge in [0.25, 0.3) is 0 Å². The summed E-state index contributed by atoms with van der Waals surface area (Å²) in [5.74, 6) is 1.70. The van der Waals surface area contributed by atoms with E-state index in [0.29, 0.717) is 11.5 Å². The van der Waals surface area contributed by atoms with Crippen LogP contribution in [0.4, 0.5) is 0 Å². The summed E-state index contributed by atoms with van der Waals surface area (Å²) in [4.78, 5) is 2.66. The van der Waals surface area contributed by atoms with Crippen LogP contribution in [0.3, 0.4) is 0 Å². The van der Waals surface area contributed by atoms with Crippen molar-refractivity contribution in [2.45, 2.75) is 40.2 Å². The summed E-state index contributed by atoms with van der Waals surface area (Å²) in [6.07, 6.45) is 1.21. The number of hydrogen-bond acceptors (Lipinski definition) is 3. The molecule has 3 heteroatoms. The minimum absolute atomic E-state index is 0.355. The lowest BCUT2D eigenvalue weighted by Gasteiger charge is -2.33. The van der Waals surface area contributed by atoms with Gasteiger partial charge in [0, 0.05) is 44.2 Å². The van der Waals surface area contributed by atoms with Gasteiger partial charge < -0.3 is 15.0 Å². The Bertz CT molecular complexity index is 251. The van der Waals surface area contributed by atoms with Gasteiger partial charge in [-0.05, 0) is 18.3 Å². The van der Waals surface area contributed by atoms with Crippen LogP contribution in [-0.4, -0.2) is 50.3 Å². The van der Waals surface area contributed by atoms with Gasteiger partial charge in [-0.1, -0.05) is 27.7 Å². The Morgan fingerprint density at radius 2 is 1.94 bits per heavy atom. The molecule has 0 aromatic heterocycles. The standard InChI is InChI=1S/C15H30N2O/c1-12(2)16-9-15(5-6-18-11-15)10-17-7-13(3)14(4)8-17/h12-14,16H,5-11H2,1-4H3. The molecule has 0 amide bonds. The zero-order valence-corrected chi connectivity index (χ0v) is 12.5. The molecule has 0 radical (unpaired) electrons. The van der Waals surface area contributed by atoms with Gasteiger partial charge in [0.2, 0.25) is 0 Å². The minimum atomic E-state index is 0.355. The maximum Gasteiger partial charge on any atom is 0.0547 e. The van der Waals surface area contributed by atoms with E-state index in [-0.39, 0.29) is 0 Å². The smallest absolute Gasteiger partial charge is 0.0547 e. The first-order chi connectivity index (χ1) is 8.51. The number of nitrogens with zero attached hydrogens (tertiary/aromatic N) is 1. The minimum Gasteiger partial charge on any atom is -0.381 e. The highest BCUT2D eigenvalue weighted by Gasteiger charge is 2.39. The molecule has 0 bridgehead atoms. The Morgan fingerprint density at radius 3 is 2.44 bits per heavy atom. The molecule has 2 heterocycles. The van der Waals surface area contributed by atoms with Gasteiger partial charge in [-0.15, -0.1) is 0 Å². The van der Waals surface area contributed by atoms with Crippen LogP contribution < -0.4 is 5.32 Å². The van der Waals surface area contributed by atoms with E-state index < -0.39 is 0 Å². The second kappa shape index (κ2) is 5.89. The highest BCUT2D eigenvalue weighted by molar-refractivity contribution is 4.91. The first-order valence-corrected chi connectivity index (χ1v) is 7.54. The molecule has 2 aliphatic heterocycles. The van der Waals surface area contributed by atoms with Crippen molar-refractivity contribution in [1.82, 2.24) is 10.2 Å². The number of likely N-dealkylation sites (tertiary alicyclic amines) is 1. The van der Waals surface area contributed by atoms with Crippen LogP contribution in [0.2, 0.25) is 0 Å². The summed E-state index contributed by atoms with van der Waals surface area (Å²) >= 11 is 0. The second-order valence-electron chi connectivity index (χ2n) is 6.99. The van der Waals surface area contributed by atoms with Crippen molar-refractivity contribution < 1.29 is 4.74 Å². The predicted octanol–water partition coefficient (Wildman–Crippen LogP) is 1.98. The molecule has 3 nitrogen and oxygen atoms in total. The molecule has 2 fully saturated rings. The number of rotatable bonds is 5. The first kappa shape index (κ1) is 14.3. The van der Waals surface area contributed by atoms with Gasteiger partial charge >= 0.3 is 0 Å². The molecular weight excluding hydrogens is 224 g/mol. The fourth-order valence-electron chi connectivity index (χ4n) is 3.24. The van der Waals surface area contributed by atoms with Crippen LogP contribution in [0.25, 0.3) is 0 Å². The quantitative estimate of drug-likeness (QED) is 0.812. The maximum absolute atomic E-state index is 5.69. The van der Waals surface area contributed by atoms with Crippen LogP contribution >= 0.6 is 0 Å². The van der Waals surface area contributed by atoms with E-state index in [4.69, 9.17) is 4.74 Å². The van der Waals surface area contributed by atoms with Gasteiger partial charge in [-0.25, -0.2) is 0 Å². The molecule has 2 rings (SSSR count). The van der Waals surface area contributed by atoms with Crippen molar-refractivity contribution in [3.8, 4) is 0 Å². The highest BCUT2D eigenvalue weighted by atomic mass is 16.5. The SMILES string of the molecule is CC(C)NCC1(CN2CC(C)C(C)C2)CCOC1. The van der Waals surface area contributed by atoms with Crippen LogP contribution in [-0.2, 0) is 4.74 Å². The van der Waals surface area contributed by atoms with E-state index in [9.17, 15) is 0 Å². The average Bonchev–Trinajstić information content (AvgIpc) is 2.86. The van der Waals surface area contributed by atoms with Crippen molar-refractivity contribution in [1.29, 1.82) is 0 Å². The molecule has 3 atom stereocenters. The van der Waals surface area contributed by atoms with Crippen molar-refractivity contribution in [3.05, 3.63) is 0 Å². The van der Waals surface area contributed by atoms with Crippen molar-refractivity contribution >= 4 is 0 Å². The lowest BCUT2D eigenvalue weighted by atomic mass is 9.86. The van der Waals surface area contributed by atoms with E-state index in [2.05, 4.69) is 37.9 Å². The molecule has 0 aliphatic carbocycles. The van der Waals surface area contributed by atoms with E-state index in [1.807, 2.05) is 0 Å². The summed E-state index contributed by atoms with van der Waals surface area (Å²) in [5, 5.41) is 3.62. The third kappa shape index (κ3) is 3.46. The van der Waals surface area contributed by atoms with Crippen molar-refractivity contribution in [2.24, 2.45) is 17.3 Å². The lowest BCUT2D eigenvalue weighted by molar-refractivity contribution is 0.115. The summed E-state index contributed by atoms with van der Waals surface area (Å²) in [7, 11) is 0. The molecule has 0 spiro atoms. The molecule has 1 N–H and O–H groups in total. The van der Waals surface area contributed by atoms with E-state index in [0.717, 1.165) is 31.6 Å². The molecule has 0 aromatic carbocycles. The van der Waals surface area contributed by atoms with Crippen LogP contribution in [0, 0.1) is 17.3 Å². The first-order valence-electron chi connectivity index (χ1n) is 7.54. The Kier molecular flexibility index (Phi) is 4.68. The summed E-state index contributed by atoms with van der Waals surface area (Å²) in [6.45, 7) is 15.9. The second-order valence-corrected chi connectivity index (χ2v) is 6.99. The number of hydrogen-bond donors (Lipinski definition) is 1. The van der Waals surface area contributed by atoms with Gasteiger partial charge in [0.05, 0.1) is 6.61 Å². The average molecular weight is 254 g/mol. The van der Waals surface area contributed by atoms with Crippen LogP contribution in [0.15, 0.2) is 0 Å². The molecule has 2 saturated heterocycles. The Morgan fingerprint density at radius 1 is 1.28 bits per heavy atom. The van der Waals surface area contributed by atoms with Gasteiger partial charge in [0.15, 0.2) is 0 Å². The Labute approximate surface area is 112 Å². The summed E-state index contributed by atoms with van der Waals surface area (Å²) in [5.41, 5.74) is 0.355. The Balaban J connectivity index is 1.90. The molecule has 0 saturated carbocycles. The third-order valence-corrected chi connectivity index (χ3v) is 4.69. The van der Waals surface area contributed by atoms with E-state index in [1.54, 1.807) is 0 Å². The maximum atomic E-state index is 5.69. The largest absolute Gasteiger partial charge is 0.381 e. The van der Waals surface area contributed by atoms with Crippen molar-refractivity contribution in [2.75, 3.05) is 39.4 Å². The molecule has 106 valence electrons. The van der Waals surface area contributed by atoms with Gasteiger partial charge in [-0.3, -0.25) is 0 Å². The summed E-state index contributed by atoms with van der Waals surface area (Å²) in [6, 6.07) is 0.568. The molecule has 2 aliphatic rings. The van der Waals surface area contributed by atoms with Gasteiger partial charge in [-0.2, -0.15) is 0 Å². The molecular formula is C15H30N2O. The van der Waals surface area contributed by atoms with Crippen molar-refractivity contribution in [3.63, 3.8) is 0 Å². The van der Waals surface area contributed by atoms with Crippen LogP contribution in [0.1, 0.15) is 34.1 Å². The zero-order valence-electron chi connectivity index (χ0n) is 12.5. The monoisotopic (exact) mass is 254 g/mol. The van der Waals surface area contributed by atoms with Gasteiger partial charge in [0.1, 0.15) is 0 Å². The fourth-order valence-corrected chi connectivity index (χ4v) is 3.24. The molecule has 18 heavy (non-hydrogen) atoms. The highest BCUT2D eigenvalue weighted by Crippen LogP contribution is 2.32. The zero-order chi connectivity index (χ0) is 13.2. The molecule has 0 aromatic rings. The van der Waals surface area contributed by atoms with E-state index >= 15 is 0 Å². The summed E-state index contributed by atoms with van der Waals surface area (Å²) < 4.78 is 5.69.